The number of hydrogen-bond donors (Lipinski definition) is 0. The second-order valence-electron chi connectivity index (χ2n) is 5.92. The number of nitrogens with zero attached hydrogens (tertiary/aromatic N) is 3. The summed E-state index contributed by atoms with van der Waals surface area (Å²) in [5.74, 6) is -0.410. The third-order valence-electron chi connectivity index (χ3n) is 4.20. The Bertz CT molecular complexity index is 820. The van der Waals surface area contributed by atoms with Crippen molar-refractivity contribution in [2.45, 2.75) is 25.8 Å². The topological polar surface area (TPSA) is 42.2 Å². The number of hydrogen-bond acceptors (Lipinski definition) is 5. The summed E-state index contributed by atoms with van der Waals surface area (Å²) in [6.45, 7) is 2.74. The van der Waals surface area contributed by atoms with Crippen LogP contribution < -0.4 is 0 Å². The van der Waals surface area contributed by atoms with Gasteiger partial charge in [-0.1, -0.05) is 17.3 Å². The average Bonchev–Trinajstić information content (AvgIpc) is 3.27. The van der Waals surface area contributed by atoms with E-state index in [0.29, 0.717) is 18.1 Å². The van der Waals surface area contributed by atoms with Crippen LogP contribution in [-0.4, -0.2) is 28.6 Å². The van der Waals surface area contributed by atoms with Crippen LogP contribution in [0.15, 0.2) is 40.2 Å². The first-order valence-corrected chi connectivity index (χ1v) is 8.94. The molecule has 0 spiro atoms. The Balaban J connectivity index is 1.52. The van der Waals surface area contributed by atoms with Crippen molar-refractivity contribution in [3.05, 3.63) is 58.8 Å². The molecule has 25 heavy (non-hydrogen) atoms. The molecular weight excluding hydrogens is 344 g/mol. The predicted octanol–water partition coefficient (Wildman–Crippen LogP) is 4.70. The zero-order valence-electron chi connectivity index (χ0n) is 14.1. The van der Waals surface area contributed by atoms with Crippen LogP contribution >= 0.6 is 11.3 Å². The average molecular weight is 363 g/mol. The lowest BCUT2D eigenvalue weighted by Crippen LogP contribution is -2.24. The molecule has 3 rings (SSSR count). The molecule has 0 aliphatic heterocycles. The van der Waals surface area contributed by atoms with Crippen molar-refractivity contribution in [1.29, 1.82) is 0 Å². The van der Waals surface area contributed by atoms with E-state index in [2.05, 4.69) is 15.0 Å². The maximum Gasteiger partial charge on any atom is 0.227 e. The summed E-state index contributed by atoms with van der Waals surface area (Å²) < 4.78 is 31.7. The molecular formula is C18H19F2N3OS. The van der Waals surface area contributed by atoms with Gasteiger partial charge in [0.05, 0.1) is 4.88 Å². The molecule has 1 unspecified atom stereocenters. The van der Waals surface area contributed by atoms with Gasteiger partial charge in [0.2, 0.25) is 11.7 Å². The van der Waals surface area contributed by atoms with Crippen molar-refractivity contribution in [3.63, 3.8) is 0 Å². The van der Waals surface area contributed by atoms with Crippen molar-refractivity contribution in [3.8, 4) is 10.7 Å². The summed E-state index contributed by atoms with van der Waals surface area (Å²) >= 11 is 1.57. The minimum absolute atomic E-state index is 0.0144. The lowest BCUT2D eigenvalue weighted by Gasteiger charge is -2.24. The number of thiophene rings is 1. The molecule has 0 saturated heterocycles. The second-order valence-corrected chi connectivity index (χ2v) is 6.87. The summed E-state index contributed by atoms with van der Waals surface area (Å²) in [5, 5.41) is 5.96. The van der Waals surface area contributed by atoms with Gasteiger partial charge in [-0.2, -0.15) is 4.98 Å². The smallest absolute Gasteiger partial charge is 0.227 e. The molecule has 1 atom stereocenters. The van der Waals surface area contributed by atoms with E-state index in [1.165, 1.54) is 12.1 Å². The Morgan fingerprint density at radius 2 is 2.08 bits per heavy atom. The molecule has 0 N–H and O–H groups in total. The highest BCUT2D eigenvalue weighted by Crippen LogP contribution is 2.23. The zero-order chi connectivity index (χ0) is 17.8. The van der Waals surface area contributed by atoms with Crippen molar-refractivity contribution in [2.75, 3.05) is 13.6 Å². The molecule has 132 valence electrons. The van der Waals surface area contributed by atoms with Crippen LogP contribution in [0.3, 0.4) is 0 Å². The van der Waals surface area contributed by atoms with E-state index in [1.807, 2.05) is 31.5 Å². The van der Waals surface area contributed by atoms with Gasteiger partial charge in [-0.25, -0.2) is 8.78 Å². The monoisotopic (exact) mass is 363 g/mol. The largest absolute Gasteiger partial charge is 0.339 e. The van der Waals surface area contributed by atoms with E-state index in [4.69, 9.17) is 4.52 Å². The van der Waals surface area contributed by atoms with E-state index >= 15 is 0 Å². The molecule has 2 aromatic heterocycles. The lowest BCUT2D eigenvalue weighted by molar-refractivity contribution is 0.253. The van der Waals surface area contributed by atoms with E-state index in [1.54, 1.807) is 17.4 Å². The Morgan fingerprint density at radius 3 is 2.80 bits per heavy atom. The fourth-order valence-corrected chi connectivity index (χ4v) is 3.21. The van der Waals surface area contributed by atoms with Crippen molar-refractivity contribution < 1.29 is 13.3 Å². The molecule has 2 heterocycles. The van der Waals surface area contributed by atoms with Crippen LogP contribution in [0.4, 0.5) is 8.78 Å². The zero-order valence-corrected chi connectivity index (χ0v) is 14.9. The minimum atomic E-state index is -0.823. The number of rotatable bonds is 7. The van der Waals surface area contributed by atoms with Crippen molar-refractivity contribution in [2.24, 2.45) is 0 Å². The summed E-state index contributed by atoms with van der Waals surface area (Å²) in [6, 6.07) is 7.92. The van der Waals surface area contributed by atoms with Crippen molar-refractivity contribution in [1.82, 2.24) is 15.0 Å². The normalized spacial score (nSPS) is 12.7. The van der Waals surface area contributed by atoms with Gasteiger partial charge in [0, 0.05) is 12.5 Å². The predicted molar refractivity (Wildman–Crippen MR) is 93.3 cm³/mol. The summed E-state index contributed by atoms with van der Waals surface area (Å²) in [7, 11) is 1.96. The Morgan fingerprint density at radius 1 is 1.24 bits per heavy atom. The van der Waals surface area contributed by atoms with Gasteiger partial charge in [-0.3, -0.25) is 4.90 Å². The minimum Gasteiger partial charge on any atom is -0.339 e. The Hall–Kier alpha value is -2.12. The quantitative estimate of drug-likeness (QED) is 0.610. The molecule has 4 nitrogen and oxygen atoms in total. The van der Waals surface area contributed by atoms with E-state index in [-0.39, 0.29) is 6.04 Å². The maximum absolute atomic E-state index is 13.4. The standard InChI is InChI=1S/C18H19F2N3OS/c1-12(13-7-8-14(19)15(20)11-13)23(2)9-3-6-17-21-18(22-24-17)16-5-4-10-25-16/h4-5,7-8,10-12H,3,6,9H2,1-2H3. The molecule has 0 bridgehead atoms. The lowest BCUT2D eigenvalue weighted by atomic mass is 10.1. The maximum atomic E-state index is 13.4. The van der Waals surface area contributed by atoms with Gasteiger partial charge in [-0.15, -0.1) is 11.3 Å². The molecule has 0 fully saturated rings. The van der Waals surface area contributed by atoms with Crippen LogP contribution in [0.2, 0.25) is 0 Å². The molecule has 0 aliphatic carbocycles. The molecule has 0 aliphatic rings. The first kappa shape index (κ1) is 17.7. The highest BCUT2D eigenvalue weighted by atomic mass is 32.1. The van der Waals surface area contributed by atoms with Gasteiger partial charge < -0.3 is 4.52 Å². The van der Waals surface area contributed by atoms with Crippen LogP contribution in [0.1, 0.15) is 30.8 Å². The summed E-state index contributed by atoms with van der Waals surface area (Å²) in [4.78, 5) is 7.47. The molecule has 1 aromatic carbocycles. The van der Waals surface area contributed by atoms with Crippen molar-refractivity contribution >= 4 is 11.3 Å². The fraction of sp³-hybridized carbons (Fsp3) is 0.333. The molecule has 0 amide bonds. The fourth-order valence-electron chi connectivity index (χ4n) is 2.56. The molecule has 7 heteroatoms. The SMILES string of the molecule is CC(c1ccc(F)c(F)c1)N(C)CCCc1nc(-c2cccs2)no1. The van der Waals surface area contributed by atoms with Crippen LogP contribution in [-0.2, 0) is 6.42 Å². The van der Waals surface area contributed by atoms with Gasteiger partial charge in [0.25, 0.3) is 0 Å². The van der Waals surface area contributed by atoms with E-state index < -0.39 is 11.6 Å². The number of aryl methyl sites for hydroxylation is 1. The molecule has 0 radical (unpaired) electrons. The second kappa shape index (κ2) is 7.84. The van der Waals surface area contributed by atoms with Gasteiger partial charge in [-0.05, 0) is 56.1 Å². The van der Waals surface area contributed by atoms with Gasteiger partial charge in [0.15, 0.2) is 11.6 Å². The molecule has 0 saturated carbocycles. The highest BCUT2D eigenvalue weighted by Gasteiger charge is 2.15. The Labute approximate surface area is 149 Å². The highest BCUT2D eigenvalue weighted by molar-refractivity contribution is 7.13. The molecule has 3 aromatic rings. The van der Waals surface area contributed by atoms with Crippen LogP contribution in [0.25, 0.3) is 10.7 Å². The van der Waals surface area contributed by atoms with E-state index in [0.717, 1.165) is 23.4 Å². The number of benzene rings is 1. The summed E-state index contributed by atoms with van der Waals surface area (Å²) in [6.07, 6.45) is 1.50. The first-order valence-electron chi connectivity index (χ1n) is 8.06. The van der Waals surface area contributed by atoms with Gasteiger partial charge in [0.1, 0.15) is 0 Å². The first-order chi connectivity index (χ1) is 12.0. The summed E-state index contributed by atoms with van der Waals surface area (Å²) in [5.41, 5.74) is 0.749. The van der Waals surface area contributed by atoms with Gasteiger partial charge >= 0.3 is 0 Å². The number of halogens is 2. The van der Waals surface area contributed by atoms with Crippen LogP contribution in [0.5, 0.6) is 0 Å². The third kappa shape index (κ3) is 4.29. The number of aromatic nitrogens is 2. The third-order valence-corrected chi connectivity index (χ3v) is 5.06. The Kier molecular flexibility index (Phi) is 5.55. The van der Waals surface area contributed by atoms with E-state index in [9.17, 15) is 8.78 Å². The van der Waals surface area contributed by atoms with Crippen LogP contribution in [0, 0.1) is 11.6 Å².